The normalized spacial score (nSPS) is 14.8. The lowest BCUT2D eigenvalue weighted by Gasteiger charge is -2.26. The van der Waals surface area contributed by atoms with Gasteiger partial charge in [-0.1, -0.05) is 18.2 Å². The van der Waals surface area contributed by atoms with Gasteiger partial charge >= 0.3 is 0 Å². The van der Waals surface area contributed by atoms with Gasteiger partial charge in [0.25, 0.3) is 5.91 Å². The van der Waals surface area contributed by atoms with E-state index < -0.39 is 0 Å². The molecule has 1 saturated heterocycles. The van der Waals surface area contributed by atoms with Crippen LogP contribution in [0.2, 0.25) is 0 Å². The summed E-state index contributed by atoms with van der Waals surface area (Å²) in [6.07, 6.45) is 3.07. The minimum atomic E-state index is -0.0999. The molecular formula is C15H16N4O2. The van der Waals surface area contributed by atoms with E-state index >= 15 is 0 Å². The molecule has 0 atom stereocenters. The molecule has 1 fully saturated rings. The lowest BCUT2D eigenvalue weighted by atomic mass is 10.3. The molecule has 3 rings (SSSR count). The minimum absolute atomic E-state index is 0.0999. The van der Waals surface area contributed by atoms with Crippen molar-refractivity contribution in [1.82, 2.24) is 14.9 Å². The maximum Gasteiger partial charge on any atom is 0.274 e. The number of hydrogen-bond acceptors (Lipinski definition) is 5. The second-order valence-corrected chi connectivity index (χ2v) is 4.68. The molecule has 0 spiro atoms. The monoisotopic (exact) mass is 284 g/mol. The molecule has 0 unspecified atom stereocenters. The third-order valence-corrected chi connectivity index (χ3v) is 3.22. The second-order valence-electron chi connectivity index (χ2n) is 4.68. The molecule has 2 heterocycles. The van der Waals surface area contributed by atoms with Crippen molar-refractivity contribution < 1.29 is 9.53 Å². The molecule has 21 heavy (non-hydrogen) atoms. The molecule has 0 radical (unpaired) electrons. The van der Waals surface area contributed by atoms with Crippen molar-refractivity contribution in [3.63, 3.8) is 0 Å². The van der Waals surface area contributed by atoms with Crippen molar-refractivity contribution in [2.75, 3.05) is 31.6 Å². The summed E-state index contributed by atoms with van der Waals surface area (Å²) in [6.45, 7) is 2.36. The van der Waals surface area contributed by atoms with E-state index in [-0.39, 0.29) is 5.91 Å². The molecule has 1 aliphatic heterocycles. The van der Waals surface area contributed by atoms with Gasteiger partial charge in [0.1, 0.15) is 11.5 Å². The summed E-state index contributed by atoms with van der Waals surface area (Å²) >= 11 is 0. The zero-order valence-electron chi connectivity index (χ0n) is 11.5. The van der Waals surface area contributed by atoms with E-state index in [2.05, 4.69) is 15.3 Å². The highest BCUT2D eigenvalue weighted by Crippen LogP contribution is 2.13. The van der Waals surface area contributed by atoms with Crippen molar-refractivity contribution in [3.05, 3.63) is 48.4 Å². The van der Waals surface area contributed by atoms with Crippen molar-refractivity contribution in [2.24, 2.45) is 0 Å². The number of aromatic nitrogens is 2. The van der Waals surface area contributed by atoms with Gasteiger partial charge in [0, 0.05) is 18.8 Å². The number of amides is 1. The van der Waals surface area contributed by atoms with E-state index in [4.69, 9.17) is 4.74 Å². The predicted molar refractivity (Wildman–Crippen MR) is 78.5 cm³/mol. The average Bonchev–Trinajstić information content (AvgIpc) is 2.57. The minimum Gasteiger partial charge on any atom is -0.378 e. The van der Waals surface area contributed by atoms with Gasteiger partial charge in [-0.2, -0.15) is 0 Å². The topological polar surface area (TPSA) is 67.4 Å². The molecular weight excluding hydrogens is 268 g/mol. The smallest absolute Gasteiger partial charge is 0.274 e. The quantitative estimate of drug-likeness (QED) is 0.929. The van der Waals surface area contributed by atoms with Crippen LogP contribution in [0.3, 0.4) is 0 Å². The number of hydrogen-bond donors (Lipinski definition) is 1. The van der Waals surface area contributed by atoms with Gasteiger partial charge in [0.05, 0.1) is 25.6 Å². The van der Waals surface area contributed by atoms with Crippen molar-refractivity contribution >= 4 is 17.4 Å². The van der Waals surface area contributed by atoms with Gasteiger partial charge in [-0.15, -0.1) is 0 Å². The fraction of sp³-hybridized carbons (Fsp3) is 0.267. The third-order valence-electron chi connectivity index (χ3n) is 3.22. The molecule has 2 aromatic rings. The maximum atomic E-state index is 12.2. The molecule has 0 aliphatic carbocycles. The lowest BCUT2D eigenvalue weighted by Crippen LogP contribution is -2.41. The van der Waals surface area contributed by atoms with Crippen molar-refractivity contribution in [1.29, 1.82) is 0 Å². The van der Waals surface area contributed by atoms with Crippen LogP contribution in [-0.2, 0) is 4.74 Å². The first kappa shape index (κ1) is 13.5. The molecule has 0 saturated carbocycles. The van der Waals surface area contributed by atoms with Gasteiger partial charge in [-0.25, -0.2) is 9.97 Å². The Labute approximate surface area is 122 Å². The number of para-hydroxylation sites is 1. The van der Waals surface area contributed by atoms with Gasteiger partial charge in [0.2, 0.25) is 0 Å². The summed E-state index contributed by atoms with van der Waals surface area (Å²) in [6, 6.07) is 9.70. The van der Waals surface area contributed by atoms with E-state index in [9.17, 15) is 4.79 Å². The maximum absolute atomic E-state index is 12.2. The number of anilines is 2. The number of nitrogens with one attached hydrogen (secondary N) is 1. The predicted octanol–water partition coefficient (Wildman–Crippen LogP) is 1.69. The number of ether oxygens (including phenoxy) is 1. The number of rotatable bonds is 3. The first-order valence-corrected chi connectivity index (χ1v) is 6.84. The molecule has 0 bridgehead atoms. The Balaban J connectivity index is 1.67. The van der Waals surface area contributed by atoms with Gasteiger partial charge in [-0.05, 0) is 12.1 Å². The number of morpholine rings is 1. The van der Waals surface area contributed by atoms with Crippen LogP contribution in [-0.4, -0.2) is 47.1 Å². The van der Waals surface area contributed by atoms with Crippen LogP contribution in [0.25, 0.3) is 0 Å². The molecule has 6 nitrogen and oxygen atoms in total. The van der Waals surface area contributed by atoms with Crippen molar-refractivity contribution in [2.45, 2.75) is 0 Å². The first-order chi connectivity index (χ1) is 10.3. The number of carbonyl (C=O) groups excluding carboxylic acids is 1. The van der Waals surface area contributed by atoms with Crippen LogP contribution in [0.5, 0.6) is 0 Å². The molecule has 1 amide bonds. The van der Waals surface area contributed by atoms with Crippen molar-refractivity contribution in [3.8, 4) is 0 Å². The molecule has 1 aliphatic rings. The first-order valence-electron chi connectivity index (χ1n) is 6.84. The van der Waals surface area contributed by atoms with Crippen LogP contribution in [0.15, 0.2) is 42.7 Å². The van der Waals surface area contributed by atoms with Crippen LogP contribution >= 0.6 is 0 Å². The van der Waals surface area contributed by atoms with E-state index in [1.807, 2.05) is 30.3 Å². The molecule has 1 N–H and O–H groups in total. The number of benzene rings is 1. The molecule has 6 heteroatoms. The summed E-state index contributed by atoms with van der Waals surface area (Å²) in [5, 5.41) is 3.13. The molecule has 1 aromatic carbocycles. The largest absolute Gasteiger partial charge is 0.378 e. The number of carbonyl (C=O) groups is 1. The average molecular weight is 284 g/mol. The summed E-state index contributed by atoms with van der Waals surface area (Å²) in [4.78, 5) is 22.4. The second kappa shape index (κ2) is 6.32. The Morgan fingerprint density at radius 1 is 1.10 bits per heavy atom. The lowest BCUT2D eigenvalue weighted by molar-refractivity contribution is 0.0298. The highest BCUT2D eigenvalue weighted by Gasteiger charge is 2.19. The van der Waals surface area contributed by atoms with E-state index in [0.29, 0.717) is 37.8 Å². The van der Waals surface area contributed by atoms with Crippen LogP contribution in [0, 0.1) is 0 Å². The summed E-state index contributed by atoms with van der Waals surface area (Å²) in [5.41, 5.74) is 1.29. The summed E-state index contributed by atoms with van der Waals surface area (Å²) in [7, 11) is 0. The Morgan fingerprint density at radius 2 is 1.86 bits per heavy atom. The summed E-state index contributed by atoms with van der Waals surface area (Å²) in [5.74, 6) is 0.511. The fourth-order valence-electron chi connectivity index (χ4n) is 2.10. The van der Waals surface area contributed by atoms with Gasteiger partial charge < -0.3 is 15.0 Å². The molecule has 1 aromatic heterocycles. The van der Waals surface area contributed by atoms with Crippen LogP contribution < -0.4 is 5.32 Å². The Hall–Kier alpha value is -2.47. The highest BCUT2D eigenvalue weighted by molar-refractivity contribution is 5.92. The standard InChI is InChI=1S/C15H16N4O2/c20-15(19-6-8-21-9-7-19)13-10-17-14(11-16-13)18-12-4-2-1-3-5-12/h1-5,10-11H,6-9H2,(H,17,18). The van der Waals surface area contributed by atoms with Crippen LogP contribution in [0.1, 0.15) is 10.5 Å². The van der Waals surface area contributed by atoms with E-state index in [1.54, 1.807) is 11.1 Å². The zero-order valence-corrected chi connectivity index (χ0v) is 11.5. The molecule has 108 valence electrons. The Morgan fingerprint density at radius 3 is 2.52 bits per heavy atom. The SMILES string of the molecule is O=C(c1cnc(Nc2ccccc2)cn1)N1CCOCC1. The van der Waals surface area contributed by atoms with Gasteiger partial charge in [0.15, 0.2) is 0 Å². The van der Waals surface area contributed by atoms with E-state index in [0.717, 1.165) is 5.69 Å². The summed E-state index contributed by atoms with van der Waals surface area (Å²) < 4.78 is 5.23. The Kier molecular flexibility index (Phi) is 4.07. The fourth-order valence-corrected chi connectivity index (χ4v) is 2.10. The zero-order chi connectivity index (χ0) is 14.5. The highest BCUT2D eigenvalue weighted by atomic mass is 16.5. The van der Waals surface area contributed by atoms with Crippen LogP contribution in [0.4, 0.5) is 11.5 Å². The van der Waals surface area contributed by atoms with Gasteiger partial charge in [-0.3, -0.25) is 4.79 Å². The number of nitrogens with zero attached hydrogens (tertiary/aromatic N) is 3. The van der Waals surface area contributed by atoms with E-state index in [1.165, 1.54) is 6.20 Å². The third kappa shape index (κ3) is 3.35. The Bertz CT molecular complexity index is 595.